The molecule has 0 amide bonds. The summed E-state index contributed by atoms with van der Waals surface area (Å²) >= 11 is 1.10. The Bertz CT molecular complexity index is 1530. The number of benzene rings is 3. The van der Waals surface area contributed by atoms with Gasteiger partial charge in [-0.25, -0.2) is 4.79 Å². The van der Waals surface area contributed by atoms with Crippen LogP contribution in [0.15, 0.2) is 60.2 Å². The summed E-state index contributed by atoms with van der Waals surface area (Å²) in [6, 6.07) is 16.2. The molecule has 176 valence electrons. The summed E-state index contributed by atoms with van der Waals surface area (Å²) in [6.45, 7) is 2.04. The number of carbonyl (C=O) groups is 1. The number of methoxy groups -OCH3 is 1. The van der Waals surface area contributed by atoms with Gasteiger partial charge < -0.3 is 24.1 Å². The van der Waals surface area contributed by atoms with Crippen molar-refractivity contribution in [2.24, 2.45) is 0 Å². The summed E-state index contributed by atoms with van der Waals surface area (Å²) in [4.78, 5) is 13.3. The molecule has 0 spiro atoms. The van der Waals surface area contributed by atoms with Gasteiger partial charge in [-0.05, 0) is 60.0 Å². The summed E-state index contributed by atoms with van der Waals surface area (Å²) in [7, 11) is 1.62. The summed E-state index contributed by atoms with van der Waals surface area (Å²) in [5.74, 6) is -0.798. The Balaban J connectivity index is 1.53. The quantitative estimate of drug-likeness (QED) is 0.419. The lowest BCUT2D eigenvalue weighted by Gasteiger charge is -2.26. The van der Waals surface area contributed by atoms with Crippen molar-refractivity contribution in [3.63, 3.8) is 0 Å². The predicted molar refractivity (Wildman–Crippen MR) is 128 cm³/mol. The molecule has 1 N–H and O–H groups in total. The van der Waals surface area contributed by atoms with E-state index in [4.69, 9.17) is 18.9 Å². The Kier molecular flexibility index (Phi) is 4.98. The fourth-order valence-electron chi connectivity index (χ4n) is 4.57. The molecule has 35 heavy (non-hydrogen) atoms. The highest BCUT2D eigenvalue weighted by molar-refractivity contribution is 7.00. The molecule has 6 rings (SSSR count). The Labute approximate surface area is 204 Å². The van der Waals surface area contributed by atoms with Crippen LogP contribution in [0.4, 0.5) is 0 Å². The zero-order valence-electron chi connectivity index (χ0n) is 18.9. The van der Waals surface area contributed by atoms with Crippen molar-refractivity contribution in [1.29, 1.82) is 0 Å². The molecule has 0 saturated heterocycles. The molecule has 3 aromatic carbocycles. The highest BCUT2D eigenvalue weighted by atomic mass is 32.1. The maximum atomic E-state index is 13.3. The molecule has 2 aliphatic heterocycles. The number of ether oxygens (including phenoxy) is 4. The van der Waals surface area contributed by atoms with Gasteiger partial charge in [-0.2, -0.15) is 8.75 Å². The highest BCUT2D eigenvalue weighted by Crippen LogP contribution is 2.47. The second-order valence-electron chi connectivity index (χ2n) is 8.40. The third-order valence-corrected chi connectivity index (χ3v) is 6.86. The average Bonchev–Trinajstić information content (AvgIpc) is 3.57. The number of carbonyl (C=O) groups excluding carboxylic acids is 1. The molecule has 4 aromatic rings. The van der Waals surface area contributed by atoms with E-state index in [9.17, 15) is 9.90 Å². The van der Waals surface area contributed by atoms with E-state index in [0.717, 1.165) is 34.1 Å². The molecular weight excluding hydrogens is 468 g/mol. The molecule has 8 nitrogen and oxygen atoms in total. The first kappa shape index (κ1) is 21.6. The Morgan fingerprint density at radius 3 is 2.69 bits per heavy atom. The van der Waals surface area contributed by atoms with Crippen LogP contribution in [0, 0.1) is 6.92 Å². The largest absolute Gasteiger partial charge is 0.496 e. The molecule has 1 aromatic heterocycles. The first-order chi connectivity index (χ1) is 17.0. The number of aryl methyl sites for hydroxylation is 1. The highest BCUT2D eigenvalue weighted by Gasteiger charge is 2.48. The minimum atomic E-state index is -1.99. The van der Waals surface area contributed by atoms with Gasteiger partial charge in [-0.1, -0.05) is 18.2 Å². The number of aliphatic hydroxyl groups is 1. The molecular formula is C26H20N2O6S. The zero-order valence-corrected chi connectivity index (χ0v) is 19.7. The van der Waals surface area contributed by atoms with Crippen LogP contribution >= 0.6 is 11.7 Å². The van der Waals surface area contributed by atoms with Gasteiger partial charge in [0.1, 0.15) is 16.8 Å². The van der Waals surface area contributed by atoms with Gasteiger partial charge in [0, 0.05) is 17.6 Å². The van der Waals surface area contributed by atoms with Gasteiger partial charge in [-0.15, -0.1) is 0 Å². The van der Waals surface area contributed by atoms with Crippen molar-refractivity contribution in [3.8, 4) is 17.2 Å². The molecule has 0 saturated carbocycles. The lowest BCUT2D eigenvalue weighted by molar-refractivity contribution is -0.185. The zero-order chi connectivity index (χ0) is 24.2. The van der Waals surface area contributed by atoms with Gasteiger partial charge in [0.2, 0.25) is 6.79 Å². The Morgan fingerprint density at radius 2 is 1.86 bits per heavy atom. The smallest absolute Gasteiger partial charge is 0.342 e. The van der Waals surface area contributed by atoms with E-state index in [1.807, 2.05) is 31.2 Å². The van der Waals surface area contributed by atoms with E-state index in [1.54, 1.807) is 37.4 Å². The Morgan fingerprint density at radius 1 is 1.03 bits per heavy atom. The third kappa shape index (κ3) is 3.51. The lowest BCUT2D eigenvalue weighted by atomic mass is 9.87. The van der Waals surface area contributed by atoms with Crippen LogP contribution < -0.4 is 14.2 Å². The molecule has 9 heteroatoms. The number of rotatable bonds is 5. The number of hydrogen-bond acceptors (Lipinski definition) is 9. The number of esters is 1. The molecule has 1 atom stereocenters. The fraction of sp³-hybridized carbons (Fsp3) is 0.192. The fourth-order valence-corrected chi connectivity index (χ4v) is 5.09. The molecule has 0 bridgehead atoms. The first-order valence-corrected chi connectivity index (χ1v) is 11.6. The molecule has 1 unspecified atom stereocenters. The molecule has 2 aliphatic rings. The maximum Gasteiger partial charge on any atom is 0.342 e. The molecule has 0 radical (unpaired) electrons. The van der Waals surface area contributed by atoms with E-state index < -0.39 is 11.8 Å². The van der Waals surface area contributed by atoms with Gasteiger partial charge in [0.05, 0.1) is 24.4 Å². The number of aromatic nitrogens is 2. The number of fused-ring (bicyclic) bond motifs is 2. The summed E-state index contributed by atoms with van der Waals surface area (Å²) in [5.41, 5.74) is 4.95. The van der Waals surface area contributed by atoms with Crippen molar-refractivity contribution >= 4 is 34.3 Å². The van der Waals surface area contributed by atoms with Crippen molar-refractivity contribution in [3.05, 3.63) is 82.4 Å². The van der Waals surface area contributed by atoms with E-state index in [2.05, 4.69) is 8.75 Å². The summed E-state index contributed by atoms with van der Waals surface area (Å²) in [6.07, 6.45) is 0.268. The normalized spacial score (nSPS) is 18.9. The molecule has 3 heterocycles. The van der Waals surface area contributed by atoms with E-state index in [-0.39, 0.29) is 13.2 Å². The summed E-state index contributed by atoms with van der Waals surface area (Å²) < 4.78 is 30.5. The van der Waals surface area contributed by atoms with Gasteiger partial charge >= 0.3 is 5.97 Å². The van der Waals surface area contributed by atoms with E-state index in [1.165, 1.54) is 0 Å². The van der Waals surface area contributed by atoms with Crippen molar-refractivity contribution < 1.29 is 28.8 Å². The van der Waals surface area contributed by atoms with E-state index in [0.29, 0.717) is 39.3 Å². The van der Waals surface area contributed by atoms with Crippen LogP contribution in [0.2, 0.25) is 0 Å². The van der Waals surface area contributed by atoms with E-state index >= 15 is 0 Å². The van der Waals surface area contributed by atoms with Crippen LogP contribution in [-0.4, -0.2) is 33.7 Å². The minimum Gasteiger partial charge on any atom is -0.496 e. The van der Waals surface area contributed by atoms with Gasteiger partial charge in [0.15, 0.2) is 11.5 Å². The van der Waals surface area contributed by atoms with Crippen LogP contribution in [0.5, 0.6) is 17.2 Å². The van der Waals surface area contributed by atoms with Crippen molar-refractivity contribution in [1.82, 2.24) is 8.75 Å². The van der Waals surface area contributed by atoms with Crippen LogP contribution in [-0.2, 0) is 21.7 Å². The van der Waals surface area contributed by atoms with Crippen molar-refractivity contribution in [2.45, 2.75) is 19.1 Å². The average molecular weight is 489 g/mol. The number of nitrogens with zero attached hydrogens (tertiary/aromatic N) is 2. The topological polar surface area (TPSA) is 100 Å². The SMILES string of the molecule is COc1ccc(CC2=C(c3ccc4nsnc4c3)C(=O)OC2(O)c2ccc3c(c2)OCO3)cc1C. The first-order valence-electron chi connectivity index (χ1n) is 10.9. The number of hydrogen-bond donors (Lipinski definition) is 1. The Hall–Kier alpha value is -3.95. The number of cyclic esters (lactones) is 1. The van der Waals surface area contributed by atoms with Gasteiger partial charge in [0.25, 0.3) is 5.79 Å². The molecule has 0 aliphatic carbocycles. The second kappa shape index (κ2) is 8.07. The maximum absolute atomic E-state index is 13.3. The monoisotopic (exact) mass is 488 g/mol. The van der Waals surface area contributed by atoms with Gasteiger partial charge in [-0.3, -0.25) is 0 Å². The summed E-state index contributed by atoms with van der Waals surface area (Å²) in [5, 5.41) is 11.9. The standard InChI is InChI=1S/C26H20N2O6S/c1-14-9-15(3-7-21(14)31-2)10-18-24(16-4-6-19-20(11-16)28-35-27-19)25(29)34-26(18,30)17-5-8-22-23(12-17)33-13-32-22/h3-9,11-12,30H,10,13H2,1-2H3. The molecule has 0 fully saturated rings. The third-order valence-electron chi connectivity index (χ3n) is 6.30. The second-order valence-corrected chi connectivity index (χ2v) is 8.93. The predicted octanol–water partition coefficient (Wildman–Crippen LogP) is 4.14. The van der Waals surface area contributed by atoms with Crippen molar-refractivity contribution in [2.75, 3.05) is 13.9 Å². The van der Waals surface area contributed by atoms with Crippen LogP contribution in [0.3, 0.4) is 0 Å². The minimum absolute atomic E-state index is 0.0950. The van der Waals surface area contributed by atoms with Crippen LogP contribution in [0.1, 0.15) is 22.3 Å². The van der Waals surface area contributed by atoms with Crippen LogP contribution in [0.25, 0.3) is 16.6 Å². The lowest BCUT2D eigenvalue weighted by Crippen LogP contribution is -2.29.